The molecule has 0 bridgehead atoms. The fraction of sp³-hybridized carbons (Fsp3) is 0.500. The lowest BCUT2D eigenvalue weighted by molar-refractivity contribution is -0.141. The number of carbonyl (C=O) groups is 1. The Labute approximate surface area is 141 Å². The van der Waals surface area contributed by atoms with Crippen LogP contribution in [0.15, 0.2) is 17.0 Å². The first kappa shape index (κ1) is 17.0. The van der Waals surface area contributed by atoms with E-state index in [9.17, 15) is 18.0 Å². The summed E-state index contributed by atoms with van der Waals surface area (Å²) in [5.41, 5.74) is 0.810. The molecule has 0 aliphatic carbocycles. The Hall–Kier alpha value is -1.83. The quantitative estimate of drug-likeness (QED) is 0.842. The number of alkyl halides is 3. The molecule has 0 N–H and O–H groups in total. The number of fused-ring (bicyclic) bond motifs is 1. The summed E-state index contributed by atoms with van der Waals surface area (Å²) in [6, 6.07) is 0. The molecular weight excluding hydrogens is 339 g/mol. The maximum Gasteiger partial charge on any atom is 0.434 e. The van der Waals surface area contributed by atoms with Crippen molar-refractivity contribution in [3.8, 4) is 0 Å². The average molecular weight is 357 g/mol. The van der Waals surface area contributed by atoms with Crippen LogP contribution in [0.5, 0.6) is 0 Å². The summed E-state index contributed by atoms with van der Waals surface area (Å²) in [4.78, 5) is 17.8. The largest absolute Gasteiger partial charge is 0.434 e. The van der Waals surface area contributed by atoms with Crippen LogP contribution < -0.4 is 0 Å². The maximum absolute atomic E-state index is 12.8. The lowest BCUT2D eigenvalue weighted by atomic mass is 9.98. The fourth-order valence-corrected chi connectivity index (χ4v) is 3.88. The van der Waals surface area contributed by atoms with Crippen molar-refractivity contribution in [1.29, 1.82) is 0 Å². The van der Waals surface area contributed by atoms with E-state index >= 15 is 0 Å². The first-order valence-electron chi connectivity index (χ1n) is 7.67. The van der Waals surface area contributed by atoms with Gasteiger partial charge in [-0.15, -0.1) is 0 Å². The normalized spacial score (nSPS) is 17.6. The van der Waals surface area contributed by atoms with Gasteiger partial charge in [-0.3, -0.25) is 4.79 Å². The number of aryl methyl sites for hydroxylation is 2. The number of carbonyl (C=O) groups excluding carboxylic acids is 1. The fourth-order valence-electron chi connectivity index (χ4n) is 3.06. The molecule has 130 valence electrons. The van der Waals surface area contributed by atoms with E-state index in [0.717, 1.165) is 18.2 Å². The summed E-state index contributed by atoms with van der Waals surface area (Å²) in [6.45, 7) is 2.88. The topological polar surface area (TPSA) is 38.1 Å². The molecule has 0 saturated carbocycles. The highest BCUT2D eigenvalue weighted by Gasteiger charge is 2.36. The number of nitrogens with zero attached hydrogens (tertiary/aromatic N) is 3. The van der Waals surface area contributed by atoms with Gasteiger partial charge in [0.2, 0.25) is 0 Å². The van der Waals surface area contributed by atoms with Crippen molar-refractivity contribution in [3.63, 3.8) is 0 Å². The van der Waals surface area contributed by atoms with Crippen LogP contribution in [0, 0.1) is 12.8 Å². The number of aromatic nitrogens is 2. The van der Waals surface area contributed by atoms with E-state index in [2.05, 4.69) is 4.98 Å². The summed E-state index contributed by atoms with van der Waals surface area (Å²) < 4.78 is 39.8. The van der Waals surface area contributed by atoms with Gasteiger partial charge in [-0.25, -0.2) is 4.98 Å². The number of halogens is 3. The van der Waals surface area contributed by atoms with Crippen molar-refractivity contribution in [2.24, 2.45) is 5.92 Å². The maximum atomic E-state index is 12.8. The minimum atomic E-state index is -4.41. The molecule has 24 heavy (non-hydrogen) atoms. The Balaban J connectivity index is 1.66. The summed E-state index contributed by atoms with van der Waals surface area (Å²) in [6.07, 6.45) is -2.11. The van der Waals surface area contributed by atoms with Gasteiger partial charge < -0.3 is 9.47 Å². The first-order valence-corrected chi connectivity index (χ1v) is 8.61. The van der Waals surface area contributed by atoms with Crippen LogP contribution in [0.4, 0.5) is 13.2 Å². The molecule has 2 aromatic rings. The van der Waals surface area contributed by atoms with E-state index in [4.69, 9.17) is 0 Å². The molecule has 0 spiro atoms. The van der Waals surface area contributed by atoms with Crippen LogP contribution in [-0.4, -0.2) is 34.0 Å². The van der Waals surface area contributed by atoms with Gasteiger partial charge in [-0.05, 0) is 30.2 Å². The van der Waals surface area contributed by atoms with Gasteiger partial charge in [0.1, 0.15) is 5.82 Å². The monoisotopic (exact) mass is 357 g/mol. The minimum absolute atomic E-state index is 0.0406. The zero-order chi connectivity index (χ0) is 17.5. The third-order valence-electron chi connectivity index (χ3n) is 4.35. The van der Waals surface area contributed by atoms with Gasteiger partial charge in [0, 0.05) is 38.1 Å². The van der Waals surface area contributed by atoms with Crippen molar-refractivity contribution in [3.05, 3.63) is 39.6 Å². The van der Waals surface area contributed by atoms with E-state index in [1.807, 2.05) is 17.7 Å². The van der Waals surface area contributed by atoms with Crippen molar-refractivity contribution >= 4 is 17.2 Å². The second kappa shape index (κ2) is 6.23. The number of amides is 1. The molecule has 1 amide bonds. The molecule has 0 fully saturated rings. The lowest BCUT2D eigenvalue weighted by Crippen LogP contribution is -2.35. The third-order valence-corrected chi connectivity index (χ3v) is 5.21. The Kier molecular flexibility index (Phi) is 4.42. The van der Waals surface area contributed by atoms with Gasteiger partial charge in [0.05, 0.1) is 5.56 Å². The van der Waals surface area contributed by atoms with Crippen LogP contribution in [-0.2, 0) is 19.1 Å². The Morgan fingerprint density at radius 1 is 1.46 bits per heavy atom. The van der Waals surface area contributed by atoms with Crippen LogP contribution in [0.25, 0.3) is 0 Å². The lowest BCUT2D eigenvalue weighted by Gasteiger charge is -2.28. The molecule has 0 aromatic carbocycles. The molecule has 3 heterocycles. The van der Waals surface area contributed by atoms with Crippen molar-refractivity contribution in [1.82, 2.24) is 14.5 Å². The molecule has 1 unspecified atom stereocenters. The van der Waals surface area contributed by atoms with E-state index in [1.54, 1.807) is 16.5 Å². The Morgan fingerprint density at radius 2 is 2.21 bits per heavy atom. The molecule has 1 aliphatic rings. The van der Waals surface area contributed by atoms with Crippen molar-refractivity contribution in [2.75, 3.05) is 13.6 Å². The molecule has 4 nitrogen and oxygen atoms in total. The van der Waals surface area contributed by atoms with Gasteiger partial charge in [0.25, 0.3) is 5.91 Å². The Morgan fingerprint density at radius 3 is 2.83 bits per heavy atom. The Bertz CT molecular complexity index is 750. The van der Waals surface area contributed by atoms with Gasteiger partial charge >= 0.3 is 6.18 Å². The molecule has 0 saturated heterocycles. The standard InChI is InChI=1S/C16H18F3N3OS/c1-10-8-24-9-12(10)15(23)21(2)5-11-3-4-14-20-13(16(17,18)19)7-22(14)6-11/h7-9,11H,3-6H2,1-2H3. The molecular formula is C16H18F3N3OS. The first-order chi connectivity index (χ1) is 11.3. The SMILES string of the molecule is Cc1cscc1C(=O)N(C)CC1CCc2nc(C(F)(F)F)cn2C1. The van der Waals surface area contributed by atoms with E-state index < -0.39 is 11.9 Å². The summed E-state index contributed by atoms with van der Waals surface area (Å²) in [5.74, 6) is 0.558. The molecule has 8 heteroatoms. The predicted octanol–water partition coefficient (Wildman–Crippen LogP) is 3.61. The van der Waals surface area contributed by atoms with Crippen molar-refractivity contribution < 1.29 is 18.0 Å². The molecule has 1 aliphatic heterocycles. The number of imidazole rings is 1. The number of thiophene rings is 1. The van der Waals surface area contributed by atoms with Gasteiger partial charge in [-0.1, -0.05) is 0 Å². The molecule has 1 atom stereocenters. The highest BCUT2D eigenvalue weighted by molar-refractivity contribution is 7.08. The van der Waals surface area contributed by atoms with E-state index in [-0.39, 0.29) is 11.8 Å². The number of rotatable bonds is 3. The second-order valence-electron chi connectivity index (χ2n) is 6.25. The molecule has 0 radical (unpaired) electrons. The van der Waals surface area contributed by atoms with Crippen LogP contribution in [0.2, 0.25) is 0 Å². The smallest absolute Gasteiger partial charge is 0.341 e. The predicted molar refractivity (Wildman–Crippen MR) is 85.1 cm³/mol. The van der Waals surface area contributed by atoms with E-state index in [0.29, 0.717) is 30.9 Å². The number of hydrogen-bond donors (Lipinski definition) is 0. The number of hydrogen-bond acceptors (Lipinski definition) is 3. The highest BCUT2D eigenvalue weighted by atomic mass is 32.1. The van der Waals surface area contributed by atoms with Gasteiger partial charge in [-0.2, -0.15) is 24.5 Å². The highest BCUT2D eigenvalue weighted by Crippen LogP contribution is 2.31. The average Bonchev–Trinajstić information content (AvgIpc) is 3.11. The molecule has 2 aromatic heterocycles. The minimum Gasteiger partial charge on any atom is -0.341 e. The summed E-state index contributed by atoms with van der Waals surface area (Å²) in [7, 11) is 1.74. The second-order valence-corrected chi connectivity index (χ2v) is 6.99. The van der Waals surface area contributed by atoms with Crippen LogP contribution >= 0.6 is 11.3 Å². The zero-order valence-electron chi connectivity index (χ0n) is 13.4. The zero-order valence-corrected chi connectivity index (χ0v) is 14.2. The molecule has 3 rings (SSSR count). The summed E-state index contributed by atoms with van der Waals surface area (Å²) >= 11 is 1.49. The van der Waals surface area contributed by atoms with E-state index in [1.165, 1.54) is 11.3 Å². The third kappa shape index (κ3) is 3.33. The van der Waals surface area contributed by atoms with Gasteiger partial charge in [0.15, 0.2) is 5.69 Å². The van der Waals surface area contributed by atoms with Crippen LogP contribution in [0.3, 0.4) is 0 Å². The summed E-state index contributed by atoms with van der Waals surface area (Å²) in [5, 5.41) is 3.76. The van der Waals surface area contributed by atoms with Crippen LogP contribution in [0.1, 0.15) is 33.9 Å². The van der Waals surface area contributed by atoms with Crippen molar-refractivity contribution in [2.45, 2.75) is 32.5 Å².